The van der Waals surface area contributed by atoms with Crippen LogP contribution in [0.5, 0.6) is 0 Å². The van der Waals surface area contributed by atoms with E-state index in [0.717, 1.165) is 4.90 Å². The van der Waals surface area contributed by atoms with Crippen LogP contribution in [-0.2, 0) is 16.8 Å². The van der Waals surface area contributed by atoms with Crippen LogP contribution in [0.25, 0.3) is 0 Å². The largest absolute Gasteiger partial charge is 0.350 e. The number of amides is 1. The van der Waals surface area contributed by atoms with Gasteiger partial charge in [-0.1, -0.05) is 39.0 Å². The Morgan fingerprint density at radius 3 is 2.48 bits per heavy atom. The highest BCUT2D eigenvalue weighted by Crippen LogP contribution is 2.25. The summed E-state index contributed by atoms with van der Waals surface area (Å²) in [6.07, 6.45) is 0. The first kappa shape index (κ1) is 16.1. The SMILES string of the molecule is CC(C)(C)c1ccc(SCC(=O)NCc2cccs2)cc1. The van der Waals surface area contributed by atoms with Gasteiger partial charge in [-0.3, -0.25) is 4.79 Å². The van der Waals surface area contributed by atoms with Gasteiger partial charge in [0.2, 0.25) is 5.91 Å². The van der Waals surface area contributed by atoms with Gasteiger partial charge in [0.1, 0.15) is 0 Å². The Bertz CT molecular complexity index is 568. The van der Waals surface area contributed by atoms with Crippen LogP contribution in [0.1, 0.15) is 31.2 Å². The lowest BCUT2D eigenvalue weighted by molar-refractivity contribution is -0.118. The van der Waals surface area contributed by atoms with E-state index < -0.39 is 0 Å². The second kappa shape index (κ2) is 7.14. The van der Waals surface area contributed by atoms with Crippen LogP contribution in [0.15, 0.2) is 46.7 Å². The van der Waals surface area contributed by atoms with Gasteiger partial charge < -0.3 is 5.32 Å². The van der Waals surface area contributed by atoms with Gasteiger partial charge in [0, 0.05) is 9.77 Å². The molecule has 1 amide bonds. The number of thioether (sulfide) groups is 1. The third-order valence-electron chi connectivity index (χ3n) is 3.13. The molecule has 0 aliphatic rings. The molecule has 0 radical (unpaired) electrons. The van der Waals surface area contributed by atoms with Crippen LogP contribution in [0.3, 0.4) is 0 Å². The van der Waals surface area contributed by atoms with Crippen molar-refractivity contribution < 1.29 is 4.79 Å². The molecule has 1 N–H and O–H groups in total. The number of hydrogen-bond donors (Lipinski definition) is 1. The molecule has 21 heavy (non-hydrogen) atoms. The minimum atomic E-state index is 0.0771. The Kier molecular flexibility index (Phi) is 5.48. The van der Waals surface area contributed by atoms with Crippen LogP contribution in [-0.4, -0.2) is 11.7 Å². The summed E-state index contributed by atoms with van der Waals surface area (Å²) in [6, 6.07) is 12.5. The lowest BCUT2D eigenvalue weighted by Crippen LogP contribution is -2.24. The van der Waals surface area contributed by atoms with E-state index in [1.54, 1.807) is 23.1 Å². The Morgan fingerprint density at radius 2 is 1.90 bits per heavy atom. The maximum Gasteiger partial charge on any atom is 0.230 e. The Labute approximate surface area is 135 Å². The van der Waals surface area contributed by atoms with E-state index in [-0.39, 0.29) is 11.3 Å². The number of carbonyl (C=O) groups is 1. The first-order chi connectivity index (χ1) is 9.95. The number of hydrogen-bond acceptors (Lipinski definition) is 3. The molecule has 0 saturated heterocycles. The molecule has 1 heterocycles. The molecule has 2 rings (SSSR count). The molecule has 0 spiro atoms. The fourth-order valence-electron chi connectivity index (χ4n) is 1.85. The number of nitrogens with one attached hydrogen (secondary N) is 1. The standard InChI is InChI=1S/C17H21NOS2/c1-17(2,3)13-6-8-14(9-7-13)21-12-16(19)18-11-15-5-4-10-20-15/h4-10H,11-12H2,1-3H3,(H,18,19). The molecule has 0 aliphatic heterocycles. The summed E-state index contributed by atoms with van der Waals surface area (Å²) in [5.74, 6) is 0.536. The zero-order valence-corrected chi connectivity index (χ0v) is 14.3. The maximum absolute atomic E-state index is 11.8. The van der Waals surface area contributed by atoms with Crippen LogP contribution in [0, 0.1) is 0 Å². The third-order valence-corrected chi connectivity index (χ3v) is 5.02. The van der Waals surface area contributed by atoms with Crippen molar-refractivity contribution in [3.8, 4) is 0 Å². The number of thiophene rings is 1. The van der Waals surface area contributed by atoms with E-state index in [1.165, 1.54) is 10.4 Å². The van der Waals surface area contributed by atoms with Gasteiger partial charge in [-0.05, 0) is 34.6 Å². The third kappa shape index (κ3) is 5.21. The monoisotopic (exact) mass is 319 g/mol. The minimum Gasteiger partial charge on any atom is -0.350 e. The van der Waals surface area contributed by atoms with E-state index in [0.29, 0.717) is 12.3 Å². The smallest absolute Gasteiger partial charge is 0.230 e. The minimum absolute atomic E-state index is 0.0771. The van der Waals surface area contributed by atoms with Gasteiger partial charge in [-0.15, -0.1) is 23.1 Å². The van der Waals surface area contributed by atoms with Crippen LogP contribution in [0.4, 0.5) is 0 Å². The summed E-state index contributed by atoms with van der Waals surface area (Å²) >= 11 is 3.24. The normalized spacial score (nSPS) is 11.4. The maximum atomic E-state index is 11.8. The second-order valence-electron chi connectivity index (χ2n) is 5.92. The molecule has 0 unspecified atom stereocenters. The summed E-state index contributed by atoms with van der Waals surface area (Å²) in [6.45, 7) is 7.23. The van der Waals surface area contributed by atoms with Crippen molar-refractivity contribution in [3.05, 3.63) is 52.2 Å². The van der Waals surface area contributed by atoms with E-state index >= 15 is 0 Å². The van der Waals surface area contributed by atoms with Crippen molar-refractivity contribution in [1.29, 1.82) is 0 Å². The van der Waals surface area contributed by atoms with Crippen molar-refractivity contribution >= 4 is 29.0 Å². The predicted octanol–water partition coefficient (Wildman–Crippen LogP) is 4.45. The number of benzene rings is 1. The summed E-state index contributed by atoms with van der Waals surface area (Å²) < 4.78 is 0. The van der Waals surface area contributed by atoms with Crippen LogP contribution >= 0.6 is 23.1 Å². The Morgan fingerprint density at radius 1 is 1.19 bits per heavy atom. The molecule has 112 valence electrons. The predicted molar refractivity (Wildman–Crippen MR) is 92.0 cm³/mol. The van der Waals surface area contributed by atoms with Gasteiger partial charge in [-0.2, -0.15) is 0 Å². The summed E-state index contributed by atoms with van der Waals surface area (Å²) in [5, 5.41) is 4.96. The van der Waals surface area contributed by atoms with Crippen molar-refractivity contribution in [2.24, 2.45) is 0 Å². The van der Waals surface area contributed by atoms with Crippen LogP contribution < -0.4 is 5.32 Å². The number of carbonyl (C=O) groups excluding carboxylic acids is 1. The molecule has 4 heteroatoms. The lowest BCUT2D eigenvalue weighted by Gasteiger charge is -2.19. The van der Waals surface area contributed by atoms with E-state index in [9.17, 15) is 4.79 Å². The Hall–Kier alpha value is -1.26. The zero-order chi connectivity index (χ0) is 15.3. The number of rotatable bonds is 5. The average molecular weight is 319 g/mol. The molecule has 0 fully saturated rings. The second-order valence-corrected chi connectivity index (χ2v) is 8.00. The summed E-state index contributed by atoms with van der Waals surface area (Å²) in [4.78, 5) is 14.1. The molecule has 0 atom stereocenters. The van der Waals surface area contributed by atoms with Crippen molar-refractivity contribution in [2.45, 2.75) is 37.6 Å². The van der Waals surface area contributed by atoms with Crippen molar-refractivity contribution in [1.82, 2.24) is 5.32 Å². The molecule has 1 aromatic heterocycles. The molecular weight excluding hydrogens is 298 g/mol. The van der Waals surface area contributed by atoms with Crippen molar-refractivity contribution in [2.75, 3.05) is 5.75 Å². The van der Waals surface area contributed by atoms with Gasteiger partial charge in [0.15, 0.2) is 0 Å². The van der Waals surface area contributed by atoms with E-state index in [1.807, 2.05) is 17.5 Å². The topological polar surface area (TPSA) is 29.1 Å². The van der Waals surface area contributed by atoms with Crippen molar-refractivity contribution in [3.63, 3.8) is 0 Å². The lowest BCUT2D eigenvalue weighted by atomic mass is 9.87. The van der Waals surface area contributed by atoms with Gasteiger partial charge in [0.25, 0.3) is 0 Å². The molecule has 0 bridgehead atoms. The molecular formula is C17H21NOS2. The first-order valence-electron chi connectivity index (χ1n) is 6.97. The quantitative estimate of drug-likeness (QED) is 0.825. The van der Waals surface area contributed by atoms with E-state index in [2.05, 4.69) is 50.4 Å². The van der Waals surface area contributed by atoms with Gasteiger partial charge >= 0.3 is 0 Å². The summed E-state index contributed by atoms with van der Waals surface area (Å²) in [7, 11) is 0. The zero-order valence-electron chi connectivity index (χ0n) is 12.7. The molecule has 2 aromatic rings. The highest BCUT2D eigenvalue weighted by atomic mass is 32.2. The highest BCUT2D eigenvalue weighted by Gasteiger charge is 2.13. The first-order valence-corrected chi connectivity index (χ1v) is 8.84. The fourth-order valence-corrected chi connectivity index (χ4v) is 3.22. The average Bonchev–Trinajstić information content (AvgIpc) is 2.95. The van der Waals surface area contributed by atoms with E-state index in [4.69, 9.17) is 0 Å². The fraction of sp³-hybridized carbons (Fsp3) is 0.353. The van der Waals surface area contributed by atoms with Crippen LogP contribution in [0.2, 0.25) is 0 Å². The summed E-state index contributed by atoms with van der Waals surface area (Å²) in [5.41, 5.74) is 1.48. The molecule has 0 aliphatic carbocycles. The highest BCUT2D eigenvalue weighted by molar-refractivity contribution is 8.00. The van der Waals surface area contributed by atoms with Gasteiger partial charge in [0.05, 0.1) is 12.3 Å². The molecule has 1 aromatic carbocycles. The molecule has 2 nitrogen and oxygen atoms in total. The molecule has 0 saturated carbocycles. The van der Waals surface area contributed by atoms with Gasteiger partial charge in [-0.25, -0.2) is 0 Å². The Balaban J connectivity index is 1.78.